The van der Waals surface area contributed by atoms with Crippen LogP contribution in [0.25, 0.3) is 0 Å². The Hall–Kier alpha value is -4.43. The summed E-state index contributed by atoms with van der Waals surface area (Å²) in [7, 11) is 0. The van der Waals surface area contributed by atoms with Gasteiger partial charge < -0.3 is 30.2 Å². The molecule has 2 amide bonds. The number of benzene rings is 2. The summed E-state index contributed by atoms with van der Waals surface area (Å²) in [6.07, 6.45) is -3.20. The van der Waals surface area contributed by atoms with Gasteiger partial charge in [-0.25, -0.2) is 19.6 Å². The number of rotatable bonds is 7. The number of aliphatic hydroxyl groups excluding tert-OH is 1. The molecule has 1 saturated heterocycles. The van der Waals surface area contributed by atoms with Gasteiger partial charge in [0.2, 0.25) is 5.88 Å². The Kier molecular flexibility index (Phi) is 9.40. The number of hydrogen-bond acceptors (Lipinski definition) is 9. The monoisotopic (exact) mass is 602 g/mol. The second kappa shape index (κ2) is 12.8. The van der Waals surface area contributed by atoms with Crippen LogP contribution in [0.3, 0.4) is 0 Å². The van der Waals surface area contributed by atoms with E-state index in [1.165, 1.54) is 25.4 Å². The highest BCUT2D eigenvalue weighted by molar-refractivity contribution is 5.99. The number of urea groups is 1. The Morgan fingerprint density at radius 3 is 2.33 bits per heavy atom. The van der Waals surface area contributed by atoms with Crippen LogP contribution in [0, 0.1) is 12.3 Å². The summed E-state index contributed by atoms with van der Waals surface area (Å²) in [5, 5.41) is 16.5. The van der Waals surface area contributed by atoms with Crippen LogP contribution in [-0.4, -0.2) is 64.4 Å². The molecular weight excluding hydrogens is 569 g/mol. The van der Waals surface area contributed by atoms with Gasteiger partial charge in [-0.05, 0) is 69.7 Å². The van der Waals surface area contributed by atoms with E-state index < -0.39 is 23.2 Å². The van der Waals surface area contributed by atoms with E-state index in [1.807, 2.05) is 4.90 Å². The van der Waals surface area contributed by atoms with Crippen molar-refractivity contribution < 1.29 is 37.4 Å². The molecule has 1 aromatic heterocycles. The van der Waals surface area contributed by atoms with Crippen LogP contribution in [0.5, 0.6) is 11.6 Å². The van der Waals surface area contributed by atoms with Crippen molar-refractivity contribution in [1.82, 2.24) is 15.0 Å². The summed E-state index contributed by atoms with van der Waals surface area (Å²) >= 11 is 0. The molecule has 0 spiro atoms. The number of ether oxygens (including phenoxy) is 1. The molecule has 4 rings (SSSR count). The molecule has 1 aliphatic heterocycles. The van der Waals surface area contributed by atoms with E-state index in [9.17, 15) is 27.9 Å². The van der Waals surface area contributed by atoms with Gasteiger partial charge in [0.25, 0.3) is 0 Å². The van der Waals surface area contributed by atoms with Crippen LogP contribution in [0.2, 0.25) is 0 Å². The van der Waals surface area contributed by atoms with E-state index >= 15 is 0 Å². The van der Waals surface area contributed by atoms with Gasteiger partial charge >= 0.3 is 18.2 Å². The molecule has 0 aliphatic carbocycles. The number of carbonyl (C=O) groups is 2. The van der Waals surface area contributed by atoms with Gasteiger partial charge in [-0.15, -0.1) is 5.06 Å². The van der Waals surface area contributed by atoms with Crippen molar-refractivity contribution in [2.24, 2.45) is 5.41 Å². The van der Waals surface area contributed by atoms with Gasteiger partial charge in [0.15, 0.2) is 0 Å². The van der Waals surface area contributed by atoms with Gasteiger partial charge in [0, 0.05) is 24.0 Å². The number of aryl methyl sites for hydroxylation is 1. The number of nitrogens with zero attached hydrogens (tertiary/aromatic N) is 4. The summed E-state index contributed by atoms with van der Waals surface area (Å²) in [4.78, 5) is 40.5. The third-order valence-corrected chi connectivity index (χ3v) is 6.54. The minimum absolute atomic E-state index is 0.00529. The first-order valence-electron chi connectivity index (χ1n) is 13.4. The number of piperazine rings is 1. The fourth-order valence-electron chi connectivity index (χ4n) is 4.19. The molecule has 0 saturated carbocycles. The lowest BCUT2D eigenvalue weighted by Gasteiger charge is -2.40. The Labute approximate surface area is 246 Å². The van der Waals surface area contributed by atoms with Crippen molar-refractivity contribution in [3.63, 3.8) is 0 Å². The minimum Gasteiger partial charge on any atom is -0.439 e. The number of alkyl halides is 3. The van der Waals surface area contributed by atoms with Gasteiger partial charge in [-0.1, -0.05) is 6.07 Å². The molecule has 3 aromatic rings. The fraction of sp³-hybridized carbons (Fsp3) is 0.379. The van der Waals surface area contributed by atoms with Crippen molar-refractivity contribution >= 4 is 29.2 Å². The fourth-order valence-corrected chi connectivity index (χ4v) is 4.19. The molecule has 3 N–H and O–H groups in total. The largest absolute Gasteiger partial charge is 0.439 e. The van der Waals surface area contributed by atoms with E-state index in [2.05, 4.69) is 20.6 Å². The third-order valence-electron chi connectivity index (χ3n) is 6.54. The smallest absolute Gasteiger partial charge is 0.416 e. The molecule has 43 heavy (non-hydrogen) atoms. The predicted octanol–water partition coefficient (Wildman–Crippen LogP) is 5.23. The zero-order valence-corrected chi connectivity index (χ0v) is 24.1. The number of aliphatic hydroxyl groups is 1. The lowest BCUT2D eigenvalue weighted by Crippen LogP contribution is -2.55. The quantitative estimate of drug-likeness (QED) is 0.333. The Bertz CT molecular complexity index is 1450. The SMILES string of the molecule is Cc1ccc(NC(=O)Nc2ccc(Oc3cc(N4CCN(OC(=O)C(C)(C)C)C[C@H]4CO)ncn3)cc2)cc1C(F)(F)F. The molecule has 1 fully saturated rings. The number of aromatic nitrogens is 2. The average molecular weight is 603 g/mol. The highest BCUT2D eigenvalue weighted by atomic mass is 19.4. The molecule has 0 unspecified atom stereocenters. The van der Waals surface area contributed by atoms with Crippen LogP contribution >= 0.6 is 0 Å². The molecule has 11 nitrogen and oxygen atoms in total. The molecule has 14 heteroatoms. The number of halogens is 3. The van der Waals surface area contributed by atoms with Gasteiger partial charge in [-0.2, -0.15) is 13.2 Å². The molecule has 230 valence electrons. The number of nitrogens with one attached hydrogen (secondary N) is 2. The second-order valence-corrected chi connectivity index (χ2v) is 11.0. The maximum Gasteiger partial charge on any atom is 0.416 e. The van der Waals surface area contributed by atoms with Gasteiger partial charge in [0.1, 0.15) is 17.9 Å². The number of anilines is 3. The maximum atomic E-state index is 13.2. The Balaban J connectivity index is 1.35. The van der Waals surface area contributed by atoms with Crippen LogP contribution in [0.4, 0.5) is 35.2 Å². The van der Waals surface area contributed by atoms with E-state index in [1.54, 1.807) is 56.2 Å². The lowest BCUT2D eigenvalue weighted by atomic mass is 9.98. The summed E-state index contributed by atoms with van der Waals surface area (Å²) in [6, 6.07) is 10.4. The van der Waals surface area contributed by atoms with Gasteiger partial charge in [0.05, 0.1) is 36.7 Å². The molecule has 2 heterocycles. The van der Waals surface area contributed by atoms with Crippen molar-refractivity contribution in [3.05, 3.63) is 66.0 Å². The predicted molar refractivity (Wildman–Crippen MR) is 153 cm³/mol. The second-order valence-electron chi connectivity index (χ2n) is 11.0. The minimum atomic E-state index is -4.53. The zero-order valence-electron chi connectivity index (χ0n) is 24.1. The van der Waals surface area contributed by atoms with E-state index in [0.717, 1.165) is 6.07 Å². The van der Waals surface area contributed by atoms with Crippen LogP contribution in [-0.2, 0) is 15.8 Å². The van der Waals surface area contributed by atoms with Crippen LogP contribution in [0.15, 0.2) is 54.9 Å². The first-order valence-corrected chi connectivity index (χ1v) is 13.4. The topological polar surface area (TPSA) is 129 Å². The highest BCUT2D eigenvalue weighted by Gasteiger charge is 2.33. The molecule has 2 aromatic carbocycles. The Morgan fingerprint density at radius 1 is 1.00 bits per heavy atom. The summed E-state index contributed by atoms with van der Waals surface area (Å²) in [5.74, 6) is 0.803. The standard InChI is InChI=1S/C29H33F3N6O5/c1-18-5-6-20(13-23(18)29(30,31)32)36-27(41)35-19-7-9-22(10-8-19)42-25-14-24(33-17-34-25)38-12-11-37(15-21(38)16-39)43-26(40)28(2,3)4/h5-10,13-14,17,21,39H,11-12,15-16H2,1-4H3,(H2,35,36,41)/t21-/m0/s1. The summed E-state index contributed by atoms with van der Waals surface area (Å²) in [5.41, 5.74) is -1.04. The summed E-state index contributed by atoms with van der Waals surface area (Å²) in [6.45, 7) is 7.58. The Morgan fingerprint density at radius 2 is 1.67 bits per heavy atom. The highest BCUT2D eigenvalue weighted by Crippen LogP contribution is 2.33. The number of carbonyl (C=O) groups excluding carboxylic acids is 2. The molecule has 1 atom stereocenters. The van der Waals surface area contributed by atoms with Crippen molar-refractivity contribution in [2.75, 3.05) is 41.8 Å². The third kappa shape index (κ3) is 8.32. The maximum absolute atomic E-state index is 13.2. The zero-order chi connectivity index (χ0) is 31.4. The molecule has 1 aliphatic rings. The van der Waals surface area contributed by atoms with Crippen molar-refractivity contribution in [3.8, 4) is 11.6 Å². The first-order chi connectivity index (χ1) is 20.2. The van der Waals surface area contributed by atoms with Crippen LogP contribution in [0.1, 0.15) is 31.9 Å². The number of amides is 2. The normalized spacial score (nSPS) is 16.0. The lowest BCUT2D eigenvalue weighted by molar-refractivity contribution is -0.204. The summed E-state index contributed by atoms with van der Waals surface area (Å²) < 4.78 is 45.3. The van der Waals surface area contributed by atoms with Crippen molar-refractivity contribution in [2.45, 2.75) is 39.9 Å². The van der Waals surface area contributed by atoms with E-state index in [0.29, 0.717) is 30.3 Å². The molecule has 0 bridgehead atoms. The van der Waals surface area contributed by atoms with Crippen LogP contribution < -0.4 is 20.3 Å². The number of hydrogen-bond donors (Lipinski definition) is 3. The van der Waals surface area contributed by atoms with E-state index in [-0.39, 0.29) is 42.3 Å². The molecule has 0 radical (unpaired) electrons. The number of hydroxylamine groups is 2. The van der Waals surface area contributed by atoms with E-state index in [4.69, 9.17) is 9.57 Å². The first kappa shape index (κ1) is 31.5. The molecular formula is C29H33F3N6O5. The average Bonchev–Trinajstić information content (AvgIpc) is 2.94. The van der Waals surface area contributed by atoms with Gasteiger partial charge in [-0.3, -0.25) is 0 Å². The van der Waals surface area contributed by atoms with Crippen molar-refractivity contribution in [1.29, 1.82) is 0 Å².